The number of aromatic carboxylic acids is 1. The van der Waals surface area contributed by atoms with Crippen molar-refractivity contribution < 1.29 is 23.8 Å². The quantitative estimate of drug-likeness (QED) is 0.372. The molecule has 0 amide bonds. The number of morpholine rings is 2. The molecule has 2 saturated heterocycles. The number of hydrogen-bond donors (Lipinski definition) is 2. The van der Waals surface area contributed by atoms with E-state index in [4.69, 9.17) is 33.9 Å². The Morgan fingerprint density at radius 1 is 0.842 bits per heavy atom. The van der Waals surface area contributed by atoms with Crippen molar-refractivity contribution in [3.8, 4) is 11.4 Å². The molecule has 0 aliphatic carbocycles. The number of oxazole rings is 1. The Bertz CT molecular complexity index is 1390. The Balaban J connectivity index is 1.26. The average molecular weight is 518 g/mol. The summed E-state index contributed by atoms with van der Waals surface area (Å²) < 4.78 is 16.9. The number of aromatic nitrogens is 4. The van der Waals surface area contributed by atoms with Crippen LogP contribution in [-0.4, -0.2) is 83.6 Å². The van der Waals surface area contributed by atoms with Crippen LogP contribution in [0.2, 0.25) is 0 Å². The van der Waals surface area contributed by atoms with E-state index in [1.54, 1.807) is 24.3 Å². The normalized spacial score (nSPS) is 16.1. The predicted octanol–water partition coefficient (Wildman–Crippen LogP) is 2.66. The zero-order chi connectivity index (χ0) is 25.9. The van der Waals surface area contributed by atoms with Crippen LogP contribution < -0.4 is 15.1 Å². The van der Waals surface area contributed by atoms with E-state index in [1.165, 1.54) is 0 Å². The second-order valence-electron chi connectivity index (χ2n) is 9.02. The molecule has 2 aliphatic heterocycles. The van der Waals surface area contributed by atoms with Gasteiger partial charge in [-0.2, -0.15) is 19.9 Å². The topological polar surface area (TPSA) is 139 Å². The van der Waals surface area contributed by atoms with E-state index < -0.39 is 5.97 Å². The largest absolute Gasteiger partial charge is 0.478 e. The van der Waals surface area contributed by atoms with Gasteiger partial charge in [-0.05, 0) is 35.9 Å². The van der Waals surface area contributed by atoms with Crippen molar-refractivity contribution in [3.05, 3.63) is 53.6 Å². The summed E-state index contributed by atoms with van der Waals surface area (Å²) in [6, 6.07) is 12.7. The highest BCUT2D eigenvalue weighted by molar-refractivity contribution is 5.87. The van der Waals surface area contributed by atoms with Crippen LogP contribution in [0.15, 0.2) is 46.9 Å². The molecule has 0 atom stereocenters. The monoisotopic (exact) mass is 517 g/mol. The molecule has 2 aromatic heterocycles. The first-order valence-electron chi connectivity index (χ1n) is 12.5. The Labute approximate surface area is 218 Å². The van der Waals surface area contributed by atoms with E-state index in [2.05, 4.69) is 20.1 Å². The van der Waals surface area contributed by atoms with Crippen molar-refractivity contribution in [1.82, 2.24) is 19.9 Å². The highest BCUT2D eigenvalue weighted by atomic mass is 16.5. The first-order chi connectivity index (χ1) is 18.6. The molecule has 2 aliphatic rings. The Morgan fingerprint density at radius 3 is 2.08 bits per heavy atom. The number of carboxylic acid groups (broad SMARTS) is 1. The molecule has 4 aromatic rings. The van der Waals surface area contributed by atoms with Gasteiger partial charge in [0.25, 0.3) is 6.01 Å². The van der Waals surface area contributed by atoms with Gasteiger partial charge in [0.05, 0.1) is 32.0 Å². The Hall–Kier alpha value is -4.29. The SMILES string of the molecule is O=C(O)c1ccc(CNc2nc3cc(-c4nc(N5CCOCC5)nc(N5CCOCC5)n4)ccc3o2)cc1. The first-order valence-corrected chi connectivity index (χ1v) is 12.5. The van der Waals surface area contributed by atoms with Crippen LogP contribution in [-0.2, 0) is 16.0 Å². The molecule has 2 N–H and O–H groups in total. The number of fused-ring (bicyclic) bond motifs is 1. The lowest BCUT2D eigenvalue weighted by molar-refractivity contribution is 0.0697. The molecular formula is C26H27N7O5. The van der Waals surface area contributed by atoms with Gasteiger partial charge in [0.15, 0.2) is 11.4 Å². The van der Waals surface area contributed by atoms with Crippen LogP contribution in [0.1, 0.15) is 15.9 Å². The summed E-state index contributed by atoms with van der Waals surface area (Å²) in [5.74, 6) is 0.889. The van der Waals surface area contributed by atoms with Crippen LogP contribution >= 0.6 is 0 Å². The first kappa shape index (κ1) is 24.1. The highest BCUT2D eigenvalue weighted by Gasteiger charge is 2.21. The van der Waals surface area contributed by atoms with Gasteiger partial charge in [-0.1, -0.05) is 12.1 Å². The molecule has 12 heteroatoms. The fourth-order valence-corrected chi connectivity index (χ4v) is 4.38. The van der Waals surface area contributed by atoms with Gasteiger partial charge < -0.3 is 34.1 Å². The molecule has 196 valence electrons. The van der Waals surface area contributed by atoms with E-state index >= 15 is 0 Å². The fraction of sp³-hybridized carbons (Fsp3) is 0.346. The number of anilines is 3. The van der Waals surface area contributed by atoms with Crippen LogP contribution in [0, 0.1) is 0 Å². The number of ether oxygens (including phenoxy) is 2. The third-order valence-corrected chi connectivity index (χ3v) is 6.49. The van der Waals surface area contributed by atoms with Gasteiger partial charge in [-0.15, -0.1) is 0 Å². The number of benzene rings is 2. The van der Waals surface area contributed by atoms with Gasteiger partial charge >= 0.3 is 5.97 Å². The Morgan fingerprint density at radius 2 is 1.47 bits per heavy atom. The number of nitrogens with zero attached hydrogens (tertiary/aromatic N) is 6. The van der Waals surface area contributed by atoms with Gasteiger partial charge in [0.1, 0.15) is 5.52 Å². The van der Waals surface area contributed by atoms with Crippen molar-refractivity contribution in [3.63, 3.8) is 0 Å². The molecule has 0 saturated carbocycles. The summed E-state index contributed by atoms with van der Waals surface area (Å²) in [5.41, 5.74) is 3.28. The smallest absolute Gasteiger partial charge is 0.335 e. The third kappa shape index (κ3) is 5.22. The van der Waals surface area contributed by atoms with Crippen LogP contribution in [0.4, 0.5) is 17.9 Å². The summed E-state index contributed by atoms with van der Waals surface area (Å²) in [5, 5.41) is 12.2. The van der Waals surface area contributed by atoms with E-state index in [0.717, 1.165) is 37.3 Å². The van der Waals surface area contributed by atoms with Crippen molar-refractivity contribution >= 4 is 35.0 Å². The molecule has 4 heterocycles. The maximum Gasteiger partial charge on any atom is 0.335 e. The minimum atomic E-state index is -0.952. The average Bonchev–Trinajstić information content (AvgIpc) is 3.39. The van der Waals surface area contributed by atoms with E-state index in [9.17, 15) is 4.79 Å². The molecule has 0 spiro atoms. The maximum absolute atomic E-state index is 11.1. The van der Waals surface area contributed by atoms with E-state index in [0.29, 0.717) is 67.8 Å². The van der Waals surface area contributed by atoms with Gasteiger partial charge in [0.2, 0.25) is 11.9 Å². The minimum Gasteiger partial charge on any atom is -0.478 e. The Kier molecular flexibility index (Phi) is 6.71. The zero-order valence-corrected chi connectivity index (χ0v) is 20.7. The maximum atomic E-state index is 11.1. The second kappa shape index (κ2) is 10.6. The lowest BCUT2D eigenvalue weighted by Gasteiger charge is -2.30. The molecular weight excluding hydrogens is 490 g/mol. The summed E-state index contributed by atoms with van der Waals surface area (Å²) in [4.78, 5) is 34.3. The van der Waals surface area contributed by atoms with Crippen molar-refractivity contribution in [2.45, 2.75) is 6.54 Å². The minimum absolute atomic E-state index is 0.245. The summed E-state index contributed by atoms with van der Waals surface area (Å²) in [7, 11) is 0. The van der Waals surface area contributed by atoms with Crippen LogP contribution in [0.5, 0.6) is 0 Å². The molecule has 2 fully saturated rings. The van der Waals surface area contributed by atoms with E-state index in [-0.39, 0.29) is 5.56 Å². The summed E-state index contributed by atoms with van der Waals surface area (Å²) in [6.45, 7) is 5.89. The molecule has 38 heavy (non-hydrogen) atoms. The zero-order valence-electron chi connectivity index (χ0n) is 20.7. The number of hydrogen-bond acceptors (Lipinski definition) is 11. The second-order valence-corrected chi connectivity index (χ2v) is 9.02. The summed E-state index contributed by atoms with van der Waals surface area (Å²) in [6.07, 6.45) is 0. The van der Waals surface area contributed by atoms with Gasteiger partial charge in [0, 0.05) is 38.3 Å². The van der Waals surface area contributed by atoms with E-state index in [1.807, 2.05) is 18.2 Å². The van der Waals surface area contributed by atoms with Crippen molar-refractivity contribution in [2.75, 3.05) is 67.7 Å². The molecule has 0 unspecified atom stereocenters. The van der Waals surface area contributed by atoms with Gasteiger partial charge in [-0.3, -0.25) is 0 Å². The summed E-state index contributed by atoms with van der Waals surface area (Å²) >= 11 is 0. The predicted molar refractivity (Wildman–Crippen MR) is 140 cm³/mol. The molecule has 6 rings (SSSR count). The highest BCUT2D eigenvalue weighted by Crippen LogP contribution is 2.27. The van der Waals surface area contributed by atoms with Gasteiger partial charge in [-0.25, -0.2) is 4.79 Å². The molecule has 0 radical (unpaired) electrons. The van der Waals surface area contributed by atoms with Crippen LogP contribution in [0.25, 0.3) is 22.5 Å². The van der Waals surface area contributed by atoms with Crippen molar-refractivity contribution in [1.29, 1.82) is 0 Å². The fourth-order valence-electron chi connectivity index (χ4n) is 4.38. The van der Waals surface area contributed by atoms with Crippen molar-refractivity contribution in [2.24, 2.45) is 0 Å². The lowest BCUT2D eigenvalue weighted by Crippen LogP contribution is -2.40. The number of rotatable bonds is 7. The number of nitrogens with one attached hydrogen (secondary N) is 1. The standard InChI is InChI=1S/C26H27N7O5/c34-23(35)18-3-1-17(2-4-18)16-27-26-28-20-15-19(5-6-21(20)38-26)22-29-24(32-7-11-36-12-8-32)31-25(30-22)33-9-13-37-14-10-33/h1-6,15H,7-14,16H2,(H,27,28)(H,34,35). The lowest BCUT2D eigenvalue weighted by atomic mass is 10.1. The number of carboxylic acids is 1. The molecule has 12 nitrogen and oxygen atoms in total. The molecule has 2 aromatic carbocycles. The molecule has 0 bridgehead atoms. The van der Waals surface area contributed by atoms with Crippen LogP contribution in [0.3, 0.4) is 0 Å². The third-order valence-electron chi connectivity index (χ3n) is 6.49. The number of carbonyl (C=O) groups is 1.